The van der Waals surface area contributed by atoms with E-state index in [2.05, 4.69) is 4.99 Å². The second-order valence-corrected chi connectivity index (χ2v) is 5.34. The molecule has 8 nitrogen and oxygen atoms in total. The number of hydrogen-bond donors (Lipinski definition) is 4. The molecule has 21 heavy (non-hydrogen) atoms. The maximum absolute atomic E-state index is 12.2. The summed E-state index contributed by atoms with van der Waals surface area (Å²) < 4.78 is 0. The number of unbranched alkanes of at least 4 members (excludes halogenated alkanes) is 1. The largest absolute Gasteiger partial charge is 0.396 e. The lowest BCUT2D eigenvalue weighted by molar-refractivity contribution is -0.142. The summed E-state index contributed by atoms with van der Waals surface area (Å²) in [5.74, 6) is -0.517. The lowest BCUT2D eigenvalue weighted by Gasteiger charge is -2.37. The molecule has 0 bridgehead atoms. The molecule has 1 aliphatic heterocycles. The molecule has 0 aromatic carbocycles. The summed E-state index contributed by atoms with van der Waals surface area (Å²) >= 11 is 0. The third kappa shape index (κ3) is 5.58. The van der Waals surface area contributed by atoms with Crippen LogP contribution in [0.2, 0.25) is 0 Å². The number of carbonyl (C=O) groups excluding carboxylic acids is 2. The van der Waals surface area contributed by atoms with Crippen molar-refractivity contribution in [2.24, 2.45) is 28.1 Å². The van der Waals surface area contributed by atoms with Crippen LogP contribution in [-0.2, 0) is 9.59 Å². The van der Waals surface area contributed by atoms with Crippen LogP contribution >= 0.6 is 0 Å². The van der Waals surface area contributed by atoms with Gasteiger partial charge in [0.05, 0.1) is 0 Å². The zero-order valence-corrected chi connectivity index (χ0v) is 12.2. The van der Waals surface area contributed by atoms with Crippen molar-refractivity contribution in [2.75, 3.05) is 19.7 Å². The van der Waals surface area contributed by atoms with Gasteiger partial charge in [-0.25, -0.2) is 0 Å². The highest BCUT2D eigenvalue weighted by atomic mass is 16.3. The average Bonchev–Trinajstić information content (AvgIpc) is 2.45. The van der Waals surface area contributed by atoms with E-state index in [0.717, 1.165) is 0 Å². The highest BCUT2D eigenvalue weighted by molar-refractivity contribution is 5.86. The molecule has 2 atom stereocenters. The first-order valence-corrected chi connectivity index (χ1v) is 7.20. The van der Waals surface area contributed by atoms with Gasteiger partial charge in [-0.1, -0.05) is 0 Å². The Kier molecular flexibility index (Phi) is 6.93. The standard InChI is InChI=1S/C13H25N5O3/c14-12(21)10-7-9(8-19)4-6-18(10)11(20)3-1-2-5-17-13(15)16/h9-10,19H,1-8H2,(H2,14,21)(H4,15,16,17). The maximum atomic E-state index is 12.2. The lowest BCUT2D eigenvalue weighted by Crippen LogP contribution is -2.52. The van der Waals surface area contributed by atoms with Crippen molar-refractivity contribution in [1.29, 1.82) is 0 Å². The number of amides is 2. The number of hydrogen-bond acceptors (Lipinski definition) is 4. The fourth-order valence-electron chi connectivity index (χ4n) is 2.51. The number of aliphatic imine (C=N–C) groups is 1. The summed E-state index contributed by atoms with van der Waals surface area (Å²) in [5.41, 5.74) is 15.8. The molecule has 7 N–H and O–H groups in total. The molecule has 0 radical (unpaired) electrons. The van der Waals surface area contributed by atoms with E-state index in [4.69, 9.17) is 17.2 Å². The van der Waals surface area contributed by atoms with Gasteiger partial charge in [0.2, 0.25) is 11.8 Å². The lowest BCUT2D eigenvalue weighted by atomic mass is 9.90. The number of aliphatic hydroxyl groups is 1. The van der Waals surface area contributed by atoms with Crippen LogP contribution in [0, 0.1) is 5.92 Å². The van der Waals surface area contributed by atoms with Crippen LogP contribution in [0.4, 0.5) is 0 Å². The van der Waals surface area contributed by atoms with Gasteiger partial charge >= 0.3 is 0 Å². The summed E-state index contributed by atoms with van der Waals surface area (Å²) in [6, 6.07) is -0.610. The van der Waals surface area contributed by atoms with Crippen molar-refractivity contribution in [3.63, 3.8) is 0 Å². The molecule has 0 aliphatic carbocycles. The molecule has 120 valence electrons. The zero-order chi connectivity index (χ0) is 15.8. The molecule has 1 fully saturated rings. The fraction of sp³-hybridized carbons (Fsp3) is 0.769. The molecular weight excluding hydrogens is 274 g/mol. The number of likely N-dealkylation sites (tertiary alicyclic amines) is 1. The summed E-state index contributed by atoms with van der Waals surface area (Å²) in [7, 11) is 0. The molecule has 0 aromatic rings. The third-order valence-corrected chi connectivity index (χ3v) is 3.71. The van der Waals surface area contributed by atoms with Crippen molar-refractivity contribution in [1.82, 2.24) is 4.90 Å². The maximum Gasteiger partial charge on any atom is 0.240 e. The van der Waals surface area contributed by atoms with Gasteiger partial charge in [-0.15, -0.1) is 0 Å². The number of aliphatic hydroxyl groups excluding tert-OH is 1. The number of guanidine groups is 1. The minimum Gasteiger partial charge on any atom is -0.396 e. The van der Waals surface area contributed by atoms with Crippen LogP contribution in [-0.4, -0.2) is 53.5 Å². The normalized spacial score (nSPS) is 21.9. The third-order valence-electron chi connectivity index (χ3n) is 3.71. The number of nitrogens with two attached hydrogens (primary N) is 3. The van der Waals surface area contributed by atoms with Crippen molar-refractivity contribution in [3.8, 4) is 0 Å². The smallest absolute Gasteiger partial charge is 0.240 e. The van der Waals surface area contributed by atoms with Crippen molar-refractivity contribution in [3.05, 3.63) is 0 Å². The molecule has 1 aliphatic rings. The first-order chi connectivity index (χ1) is 9.95. The van der Waals surface area contributed by atoms with Gasteiger partial charge in [0.25, 0.3) is 0 Å². The number of rotatable bonds is 7. The number of primary amides is 1. The second kappa shape index (κ2) is 8.46. The minimum absolute atomic E-state index is 0.0182. The average molecular weight is 299 g/mol. The molecule has 0 spiro atoms. The Morgan fingerprint density at radius 1 is 1.24 bits per heavy atom. The number of piperidine rings is 1. The van der Waals surface area contributed by atoms with Crippen molar-refractivity contribution in [2.45, 2.75) is 38.1 Å². The quantitative estimate of drug-likeness (QED) is 0.257. The number of carbonyl (C=O) groups is 2. The van der Waals surface area contributed by atoms with E-state index >= 15 is 0 Å². The van der Waals surface area contributed by atoms with E-state index in [9.17, 15) is 14.7 Å². The monoisotopic (exact) mass is 299 g/mol. The van der Waals surface area contributed by atoms with Crippen LogP contribution in [0.3, 0.4) is 0 Å². The van der Waals surface area contributed by atoms with E-state index in [1.165, 1.54) is 4.90 Å². The molecule has 1 rings (SSSR count). The Hall–Kier alpha value is -1.83. The van der Waals surface area contributed by atoms with Gasteiger partial charge < -0.3 is 27.2 Å². The highest BCUT2D eigenvalue weighted by Crippen LogP contribution is 2.23. The predicted octanol–water partition coefficient (Wildman–Crippen LogP) is -1.49. The molecule has 2 amide bonds. The molecule has 2 unspecified atom stereocenters. The van der Waals surface area contributed by atoms with Crippen LogP contribution < -0.4 is 17.2 Å². The Bertz CT molecular complexity index is 395. The first kappa shape index (κ1) is 17.2. The molecular formula is C13H25N5O3. The molecule has 1 heterocycles. The van der Waals surface area contributed by atoms with Crippen LogP contribution in [0.25, 0.3) is 0 Å². The van der Waals surface area contributed by atoms with Crippen molar-refractivity contribution >= 4 is 17.8 Å². The van der Waals surface area contributed by atoms with Crippen LogP contribution in [0.15, 0.2) is 4.99 Å². The predicted molar refractivity (Wildman–Crippen MR) is 79.0 cm³/mol. The number of nitrogens with zero attached hydrogens (tertiary/aromatic N) is 2. The van der Waals surface area contributed by atoms with Crippen LogP contribution in [0.1, 0.15) is 32.1 Å². The molecule has 8 heteroatoms. The van der Waals surface area contributed by atoms with Gasteiger partial charge in [-0.2, -0.15) is 0 Å². The highest BCUT2D eigenvalue weighted by Gasteiger charge is 2.34. The van der Waals surface area contributed by atoms with E-state index in [1.54, 1.807) is 0 Å². The minimum atomic E-state index is -0.610. The van der Waals surface area contributed by atoms with E-state index in [-0.39, 0.29) is 24.4 Å². The summed E-state index contributed by atoms with van der Waals surface area (Å²) in [5, 5.41) is 9.17. The second-order valence-electron chi connectivity index (χ2n) is 5.34. The van der Waals surface area contributed by atoms with E-state index < -0.39 is 11.9 Å². The first-order valence-electron chi connectivity index (χ1n) is 7.20. The van der Waals surface area contributed by atoms with E-state index in [0.29, 0.717) is 45.2 Å². The molecule has 1 saturated heterocycles. The van der Waals surface area contributed by atoms with Crippen molar-refractivity contribution < 1.29 is 14.7 Å². The van der Waals surface area contributed by atoms with Gasteiger partial charge in [0.1, 0.15) is 6.04 Å². The van der Waals surface area contributed by atoms with Gasteiger partial charge in [-0.3, -0.25) is 14.6 Å². The fourth-order valence-corrected chi connectivity index (χ4v) is 2.51. The van der Waals surface area contributed by atoms with Gasteiger partial charge in [0.15, 0.2) is 5.96 Å². The Morgan fingerprint density at radius 3 is 2.52 bits per heavy atom. The topological polar surface area (TPSA) is 148 Å². The van der Waals surface area contributed by atoms with Gasteiger partial charge in [0, 0.05) is 26.1 Å². The summed E-state index contributed by atoms with van der Waals surface area (Å²) in [6.07, 6.45) is 2.83. The zero-order valence-electron chi connectivity index (χ0n) is 12.2. The van der Waals surface area contributed by atoms with E-state index in [1.807, 2.05) is 0 Å². The Labute approximate surface area is 124 Å². The summed E-state index contributed by atoms with van der Waals surface area (Å²) in [6.45, 7) is 0.970. The molecule has 0 saturated carbocycles. The SMILES string of the molecule is NC(=O)C1CC(CO)CCN1C(=O)CCCCN=C(N)N. The van der Waals surface area contributed by atoms with Crippen LogP contribution in [0.5, 0.6) is 0 Å². The Morgan fingerprint density at radius 2 is 1.95 bits per heavy atom. The molecule has 0 aromatic heterocycles. The Balaban J connectivity index is 2.44. The summed E-state index contributed by atoms with van der Waals surface area (Å²) in [4.78, 5) is 29.0. The van der Waals surface area contributed by atoms with Gasteiger partial charge in [-0.05, 0) is 31.6 Å².